The molecule has 3 aromatic rings. The van der Waals surface area contributed by atoms with Crippen molar-refractivity contribution in [1.82, 2.24) is 25.5 Å². The molecule has 1 atom stereocenters. The summed E-state index contributed by atoms with van der Waals surface area (Å²) in [5, 5.41) is 14.0. The second-order valence-electron chi connectivity index (χ2n) is 5.70. The van der Waals surface area contributed by atoms with Crippen LogP contribution in [0.3, 0.4) is 0 Å². The van der Waals surface area contributed by atoms with Crippen LogP contribution in [0, 0.1) is 0 Å². The van der Waals surface area contributed by atoms with Crippen LogP contribution < -0.4 is 5.32 Å². The van der Waals surface area contributed by atoms with Gasteiger partial charge < -0.3 is 5.32 Å². The van der Waals surface area contributed by atoms with Gasteiger partial charge in [0.1, 0.15) is 6.33 Å². The maximum atomic E-state index is 12.3. The Bertz CT molecular complexity index is 769. The van der Waals surface area contributed by atoms with E-state index >= 15 is 0 Å². The summed E-state index contributed by atoms with van der Waals surface area (Å²) in [6, 6.07) is 17.6. The van der Waals surface area contributed by atoms with E-state index in [9.17, 15) is 4.79 Å². The van der Waals surface area contributed by atoms with E-state index in [2.05, 4.69) is 33.0 Å². The lowest BCUT2D eigenvalue weighted by atomic mass is 10.1. The van der Waals surface area contributed by atoms with Crippen LogP contribution in [0.2, 0.25) is 0 Å². The predicted octanol–water partition coefficient (Wildman–Crippen LogP) is 2.41. The first-order valence-electron chi connectivity index (χ1n) is 7.90. The highest BCUT2D eigenvalue weighted by atomic mass is 16.1. The van der Waals surface area contributed by atoms with Crippen molar-refractivity contribution < 1.29 is 4.79 Å². The Morgan fingerprint density at radius 2 is 1.88 bits per heavy atom. The summed E-state index contributed by atoms with van der Waals surface area (Å²) < 4.78 is 1.55. The minimum atomic E-state index is -0.0705. The Morgan fingerprint density at radius 3 is 2.54 bits per heavy atom. The van der Waals surface area contributed by atoms with Crippen LogP contribution in [-0.2, 0) is 6.42 Å². The van der Waals surface area contributed by atoms with Crippen molar-refractivity contribution in [2.45, 2.75) is 25.8 Å². The van der Waals surface area contributed by atoms with Gasteiger partial charge in [0.25, 0.3) is 5.91 Å². The zero-order chi connectivity index (χ0) is 16.8. The first kappa shape index (κ1) is 15.9. The van der Waals surface area contributed by atoms with Crippen LogP contribution in [0.15, 0.2) is 60.9 Å². The maximum Gasteiger partial charge on any atom is 0.251 e. The molecule has 0 fully saturated rings. The Morgan fingerprint density at radius 1 is 1.12 bits per heavy atom. The van der Waals surface area contributed by atoms with Crippen LogP contribution in [0.25, 0.3) is 5.69 Å². The number of rotatable bonds is 6. The lowest BCUT2D eigenvalue weighted by Crippen LogP contribution is -2.32. The van der Waals surface area contributed by atoms with Crippen molar-refractivity contribution >= 4 is 5.91 Å². The number of carbonyl (C=O) groups is 1. The highest BCUT2D eigenvalue weighted by Crippen LogP contribution is 2.09. The topological polar surface area (TPSA) is 72.7 Å². The fourth-order valence-corrected chi connectivity index (χ4v) is 2.45. The van der Waals surface area contributed by atoms with Gasteiger partial charge in [0.15, 0.2) is 0 Å². The zero-order valence-corrected chi connectivity index (χ0v) is 13.5. The first-order chi connectivity index (χ1) is 11.7. The molecule has 0 saturated carbocycles. The smallest absolute Gasteiger partial charge is 0.251 e. The van der Waals surface area contributed by atoms with Crippen LogP contribution >= 0.6 is 0 Å². The van der Waals surface area contributed by atoms with Crippen molar-refractivity contribution in [3.63, 3.8) is 0 Å². The Hall–Kier alpha value is -3.02. The third kappa shape index (κ3) is 4.04. The lowest BCUT2D eigenvalue weighted by Gasteiger charge is -2.14. The second kappa shape index (κ2) is 7.50. The summed E-state index contributed by atoms with van der Waals surface area (Å²) in [5.74, 6) is -0.0705. The molecule has 0 spiro atoms. The monoisotopic (exact) mass is 321 g/mol. The number of nitrogens with zero attached hydrogens (tertiary/aromatic N) is 4. The van der Waals surface area contributed by atoms with Gasteiger partial charge in [0, 0.05) is 11.6 Å². The molecule has 0 aliphatic carbocycles. The number of benzene rings is 2. The number of nitrogens with one attached hydrogen (secondary N) is 1. The number of hydrogen-bond acceptors (Lipinski definition) is 4. The average molecular weight is 321 g/mol. The molecular weight excluding hydrogens is 302 g/mol. The van der Waals surface area contributed by atoms with Crippen LogP contribution in [0.1, 0.15) is 29.3 Å². The Labute approximate surface area is 140 Å². The molecule has 0 radical (unpaired) electrons. The van der Waals surface area contributed by atoms with Crippen LogP contribution in [-0.4, -0.2) is 32.2 Å². The fourth-order valence-electron chi connectivity index (χ4n) is 2.45. The quantitative estimate of drug-likeness (QED) is 0.757. The van der Waals surface area contributed by atoms with Gasteiger partial charge in [-0.15, -0.1) is 5.10 Å². The van der Waals surface area contributed by atoms with Gasteiger partial charge in [-0.1, -0.05) is 30.3 Å². The third-order valence-electron chi connectivity index (χ3n) is 3.83. The van der Waals surface area contributed by atoms with Crippen LogP contribution in [0.5, 0.6) is 0 Å². The van der Waals surface area contributed by atoms with E-state index in [-0.39, 0.29) is 11.9 Å². The van der Waals surface area contributed by atoms with Crippen molar-refractivity contribution in [2.75, 3.05) is 0 Å². The summed E-state index contributed by atoms with van der Waals surface area (Å²) in [7, 11) is 0. The molecule has 0 saturated heterocycles. The average Bonchev–Trinajstić information content (AvgIpc) is 3.16. The number of aryl methyl sites for hydroxylation is 1. The molecule has 2 aromatic carbocycles. The van der Waals surface area contributed by atoms with E-state index in [0.717, 1.165) is 18.5 Å². The minimum absolute atomic E-state index is 0.0705. The normalized spacial score (nSPS) is 11.9. The number of hydrogen-bond donors (Lipinski definition) is 1. The molecule has 3 rings (SSSR count). The summed E-state index contributed by atoms with van der Waals surface area (Å²) in [5.41, 5.74) is 2.72. The fraction of sp³-hybridized carbons (Fsp3) is 0.222. The molecule has 122 valence electrons. The molecule has 0 aliphatic heterocycles. The summed E-state index contributed by atoms with van der Waals surface area (Å²) >= 11 is 0. The number of amides is 1. The number of carbonyl (C=O) groups excluding carboxylic acids is 1. The highest BCUT2D eigenvalue weighted by molar-refractivity contribution is 5.94. The highest BCUT2D eigenvalue weighted by Gasteiger charge is 2.10. The van der Waals surface area contributed by atoms with Gasteiger partial charge >= 0.3 is 0 Å². The summed E-state index contributed by atoms with van der Waals surface area (Å²) in [6.45, 7) is 2.02. The molecule has 6 heteroatoms. The first-order valence-corrected chi connectivity index (χ1v) is 7.90. The van der Waals surface area contributed by atoms with Crippen molar-refractivity contribution in [3.05, 3.63) is 72.1 Å². The summed E-state index contributed by atoms with van der Waals surface area (Å²) in [6.07, 6.45) is 3.36. The second-order valence-corrected chi connectivity index (χ2v) is 5.70. The largest absolute Gasteiger partial charge is 0.350 e. The SMILES string of the molecule is CC(CCc1ccccc1)NC(=O)c1ccc(-n2cnnn2)cc1. The van der Waals surface area contributed by atoms with Gasteiger partial charge in [-0.3, -0.25) is 4.79 Å². The molecule has 1 heterocycles. The van der Waals surface area contributed by atoms with Gasteiger partial charge in [0.2, 0.25) is 0 Å². The molecule has 1 amide bonds. The molecule has 0 bridgehead atoms. The van der Waals surface area contributed by atoms with Gasteiger partial charge in [-0.2, -0.15) is 0 Å². The van der Waals surface area contributed by atoms with E-state index < -0.39 is 0 Å². The molecule has 24 heavy (non-hydrogen) atoms. The van der Waals surface area contributed by atoms with Crippen molar-refractivity contribution in [3.8, 4) is 5.69 Å². The minimum Gasteiger partial charge on any atom is -0.350 e. The molecular formula is C18H19N5O. The standard InChI is InChI=1S/C18H19N5O/c1-14(7-8-15-5-3-2-4-6-15)20-18(24)16-9-11-17(12-10-16)23-13-19-21-22-23/h2-6,9-14H,7-8H2,1H3,(H,20,24). The molecule has 1 unspecified atom stereocenters. The van der Waals surface area contributed by atoms with Gasteiger partial charge in [-0.05, 0) is 60.0 Å². The molecule has 0 aliphatic rings. The van der Waals surface area contributed by atoms with Gasteiger partial charge in [-0.25, -0.2) is 4.68 Å². The van der Waals surface area contributed by atoms with E-state index in [1.54, 1.807) is 16.8 Å². The zero-order valence-electron chi connectivity index (χ0n) is 13.5. The number of aromatic nitrogens is 4. The third-order valence-corrected chi connectivity index (χ3v) is 3.83. The van der Waals surface area contributed by atoms with E-state index in [1.165, 1.54) is 11.9 Å². The van der Waals surface area contributed by atoms with Crippen LogP contribution in [0.4, 0.5) is 0 Å². The van der Waals surface area contributed by atoms with E-state index in [4.69, 9.17) is 0 Å². The molecule has 6 nitrogen and oxygen atoms in total. The lowest BCUT2D eigenvalue weighted by molar-refractivity contribution is 0.0938. The van der Waals surface area contributed by atoms with Crippen molar-refractivity contribution in [2.24, 2.45) is 0 Å². The molecule has 1 N–H and O–H groups in total. The summed E-state index contributed by atoms with van der Waals surface area (Å²) in [4.78, 5) is 12.3. The number of tetrazole rings is 1. The maximum absolute atomic E-state index is 12.3. The van der Waals surface area contributed by atoms with E-state index in [0.29, 0.717) is 5.56 Å². The Balaban J connectivity index is 1.54. The predicted molar refractivity (Wildman–Crippen MR) is 90.8 cm³/mol. The molecule has 1 aromatic heterocycles. The van der Waals surface area contributed by atoms with E-state index in [1.807, 2.05) is 37.3 Å². The van der Waals surface area contributed by atoms with Crippen molar-refractivity contribution in [1.29, 1.82) is 0 Å². The van der Waals surface area contributed by atoms with Gasteiger partial charge in [0.05, 0.1) is 5.69 Å². The Kier molecular flexibility index (Phi) is 4.96.